The van der Waals surface area contributed by atoms with E-state index in [2.05, 4.69) is 56.6 Å². The minimum atomic E-state index is 0.143. The summed E-state index contributed by atoms with van der Waals surface area (Å²) in [4.78, 5) is 4.65. The van der Waals surface area contributed by atoms with Crippen LogP contribution in [0, 0.1) is 0 Å². The number of aromatic nitrogens is 2. The minimum Gasteiger partial charge on any atom is -0.323 e. The van der Waals surface area contributed by atoms with Crippen molar-refractivity contribution < 1.29 is 0 Å². The fourth-order valence-electron chi connectivity index (χ4n) is 1.26. The molecule has 1 aromatic heterocycles. The van der Waals surface area contributed by atoms with Gasteiger partial charge in [-0.2, -0.15) is 0 Å². The zero-order valence-corrected chi connectivity index (χ0v) is 10.8. The molecule has 0 bridgehead atoms. The van der Waals surface area contributed by atoms with E-state index in [9.17, 15) is 0 Å². The van der Waals surface area contributed by atoms with Crippen LogP contribution in [0.3, 0.4) is 0 Å². The van der Waals surface area contributed by atoms with Crippen molar-refractivity contribution in [3.63, 3.8) is 0 Å². The first-order valence-electron chi connectivity index (χ1n) is 4.99. The van der Waals surface area contributed by atoms with Crippen LogP contribution in [0.4, 0.5) is 0 Å². The molecule has 0 saturated carbocycles. The third-order valence-electron chi connectivity index (χ3n) is 2.21. The maximum absolute atomic E-state index is 4.65. The lowest BCUT2D eigenvalue weighted by Crippen LogP contribution is -2.11. The molecule has 2 nitrogen and oxygen atoms in total. The molecule has 0 aliphatic heterocycles. The number of nitrogens with zero attached hydrogens (tertiary/aromatic N) is 2. The molecule has 0 unspecified atom stereocenters. The van der Waals surface area contributed by atoms with Crippen LogP contribution in [-0.2, 0) is 5.41 Å². The Balaban J connectivity index is 3.13. The smallest absolute Gasteiger partial charge is 0.168 e. The van der Waals surface area contributed by atoms with E-state index in [4.69, 9.17) is 0 Å². The first-order chi connectivity index (χ1) is 6.36. The van der Waals surface area contributed by atoms with Crippen molar-refractivity contribution in [2.45, 2.75) is 51.2 Å². The van der Waals surface area contributed by atoms with Gasteiger partial charge in [0.15, 0.2) is 5.16 Å². The van der Waals surface area contributed by atoms with Crippen LogP contribution in [0.1, 0.15) is 46.4 Å². The second-order valence-corrected chi connectivity index (χ2v) is 5.64. The van der Waals surface area contributed by atoms with Crippen molar-refractivity contribution in [3.05, 3.63) is 11.9 Å². The summed E-state index contributed by atoms with van der Waals surface area (Å²) in [5.74, 6) is 0. The van der Waals surface area contributed by atoms with E-state index in [1.807, 2.05) is 0 Å². The van der Waals surface area contributed by atoms with Crippen LogP contribution in [0.25, 0.3) is 0 Å². The highest BCUT2D eigenvalue weighted by Crippen LogP contribution is 2.26. The van der Waals surface area contributed by atoms with E-state index >= 15 is 0 Å². The molecule has 0 aliphatic carbocycles. The van der Waals surface area contributed by atoms with Crippen molar-refractivity contribution in [1.29, 1.82) is 0 Å². The fraction of sp³-hybridized carbons (Fsp3) is 0.727. The van der Waals surface area contributed by atoms with E-state index in [0.717, 1.165) is 5.16 Å². The molecule has 1 heterocycles. The first-order valence-corrected chi connectivity index (χ1v) is 6.22. The minimum absolute atomic E-state index is 0.143. The molecule has 0 spiro atoms. The summed E-state index contributed by atoms with van der Waals surface area (Å²) >= 11 is 1.71. The van der Waals surface area contributed by atoms with Gasteiger partial charge >= 0.3 is 0 Å². The molecule has 3 heteroatoms. The molecule has 1 rings (SSSR count). The van der Waals surface area contributed by atoms with Gasteiger partial charge in [-0.25, -0.2) is 4.98 Å². The van der Waals surface area contributed by atoms with Crippen molar-refractivity contribution in [3.8, 4) is 0 Å². The summed E-state index contributed by atoms with van der Waals surface area (Å²) in [5, 5.41) is 1.12. The predicted molar refractivity (Wildman–Crippen MR) is 63.1 cm³/mol. The summed E-state index contributed by atoms with van der Waals surface area (Å²) in [7, 11) is 0. The Morgan fingerprint density at radius 1 is 1.36 bits per heavy atom. The van der Waals surface area contributed by atoms with Crippen LogP contribution < -0.4 is 0 Å². The van der Waals surface area contributed by atoms with Gasteiger partial charge in [-0.05, 0) is 20.1 Å². The summed E-state index contributed by atoms with van der Waals surface area (Å²) in [6, 6.07) is 0.487. The van der Waals surface area contributed by atoms with Gasteiger partial charge in [0.05, 0.1) is 5.69 Å². The highest BCUT2D eigenvalue weighted by Gasteiger charge is 2.20. The normalized spacial score (nSPS) is 12.5. The summed E-state index contributed by atoms with van der Waals surface area (Å²) in [6.45, 7) is 11.0. The van der Waals surface area contributed by atoms with Crippen LogP contribution in [0.2, 0.25) is 0 Å². The molecule has 0 saturated heterocycles. The molecular formula is C11H20N2S. The van der Waals surface area contributed by atoms with Crippen LogP contribution in [0.5, 0.6) is 0 Å². The maximum Gasteiger partial charge on any atom is 0.168 e. The second-order valence-electron chi connectivity index (χ2n) is 4.86. The summed E-state index contributed by atoms with van der Waals surface area (Å²) in [5.41, 5.74) is 1.32. The lowest BCUT2D eigenvalue weighted by molar-refractivity contribution is 0.549. The molecule has 0 amide bonds. The topological polar surface area (TPSA) is 17.8 Å². The van der Waals surface area contributed by atoms with E-state index in [0.29, 0.717) is 6.04 Å². The van der Waals surface area contributed by atoms with E-state index < -0.39 is 0 Å². The second kappa shape index (κ2) is 3.97. The van der Waals surface area contributed by atoms with Gasteiger partial charge in [-0.15, -0.1) is 0 Å². The molecule has 0 fully saturated rings. The van der Waals surface area contributed by atoms with Crippen molar-refractivity contribution in [2.75, 3.05) is 6.26 Å². The number of hydrogen-bond acceptors (Lipinski definition) is 2. The first kappa shape index (κ1) is 11.6. The monoisotopic (exact) mass is 212 g/mol. The highest BCUT2D eigenvalue weighted by molar-refractivity contribution is 7.98. The zero-order chi connectivity index (χ0) is 10.9. The van der Waals surface area contributed by atoms with Crippen molar-refractivity contribution >= 4 is 11.8 Å². The summed E-state index contributed by atoms with van der Waals surface area (Å²) in [6.07, 6.45) is 4.25. The third-order valence-corrected chi connectivity index (χ3v) is 2.87. The number of imidazole rings is 1. The summed E-state index contributed by atoms with van der Waals surface area (Å²) < 4.78 is 2.24. The van der Waals surface area contributed by atoms with Gasteiger partial charge in [0, 0.05) is 17.7 Å². The molecule has 0 aromatic carbocycles. The van der Waals surface area contributed by atoms with Gasteiger partial charge in [0.25, 0.3) is 0 Å². The molecule has 1 aromatic rings. The number of hydrogen-bond donors (Lipinski definition) is 0. The SMILES string of the molecule is CSc1nc(C(C)(C)C)cn1C(C)C. The quantitative estimate of drug-likeness (QED) is 0.698. The van der Waals surface area contributed by atoms with E-state index in [1.54, 1.807) is 11.8 Å². The van der Waals surface area contributed by atoms with E-state index in [1.165, 1.54) is 5.69 Å². The fourth-order valence-corrected chi connectivity index (χ4v) is 1.92. The van der Waals surface area contributed by atoms with Crippen molar-refractivity contribution in [2.24, 2.45) is 0 Å². The van der Waals surface area contributed by atoms with Crippen molar-refractivity contribution in [1.82, 2.24) is 9.55 Å². The largest absolute Gasteiger partial charge is 0.323 e. The molecule has 80 valence electrons. The maximum atomic E-state index is 4.65. The third kappa shape index (κ3) is 2.32. The number of thioether (sulfide) groups is 1. The zero-order valence-electron chi connectivity index (χ0n) is 9.96. The Bertz CT molecular complexity index is 308. The predicted octanol–water partition coefficient (Wildman–Crippen LogP) is 3.48. The Kier molecular flexibility index (Phi) is 3.30. The molecule has 0 atom stereocenters. The van der Waals surface area contributed by atoms with Gasteiger partial charge in [-0.3, -0.25) is 0 Å². The van der Waals surface area contributed by atoms with Gasteiger partial charge in [-0.1, -0.05) is 32.5 Å². The lowest BCUT2D eigenvalue weighted by Gasteiger charge is -2.14. The molecule has 0 N–H and O–H groups in total. The average molecular weight is 212 g/mol. The van der Waals surface area contributed by atoms with E-state index in [-0.39, 0.29) is 5.41 Å². The lowest BCUT2D eigenvalue weighted by atomic mass is 9.93. The molecule has 0 aliphatic rings. The van der Waals surface area contributed by atoms with Crippen LogP contribution in [0.15, 0.2) is 11.4 Å². The Morgan fingerprint density at radius 3 is 2.21 bits per heavy atom. The average Bonchev–Trinajstić information content (AvgIpc) is 2.45. The van der Waals surface area contributed by atoms with Crippen LogP contribution in [-0.4, -0.2) is 15.8 Å². The van der Waals surface area contributed by atoms with Gasteiger partial charge < -0.3 is 4.57 Å². The van der Waals surface area contributed by atoms with Crippen LogP contribution >= 0.6 is 11.8 Å². The van der Waals surface area contributed by atoms with Gasteiger partial charge in [0.1, 0.15) is 0 Å². The molecular weight excluding hydrogens is 192 g/mol. The molecule has 0 radical (unpaired) electrons. The molecule has 14 heavy (non-hydrogen) atoms. The number of rotatable bonds is 2. The van der Waals surface area contributed by atoms with Gasteiger partial charge in [0.2, 0.25) is 0 Å². The Labute approximate surface area is 91.1 Å². The highest BCUT2D eigenvalue weighted by atomic mass is 32.2. The Morgan fingerprint density at radius 2 is 1.93 bits per heavy atom. The Hall–Kier alpha value is -0.440. The standard InChI is InChI=1S/C11H20N2S/c1-8(2)13-7-9(11(3,4)5)12-10(13)14-6/h7-8H,1-6H3.